The molecule has 0 aromatic carbocycles. The lowest BCUT2D eigenvalue weighted by Crippen LogP contribution is -2.32. The van der Waals surface area contributed by atoms with Gasteiger partial charge in [-0.05, 0) is 26.8 Å². The first-order valence-electron chi connectivity index (χ1n) is 4.25. The Hall–Kier alpha value is -0.0800. The minimum Gasteiger partial charge on any atom is -0.289 e. The van der Waals surface area contributed by atoms with E-state index < -0.39 is 0 Å². The van der Waals surface area contributed by atoms with Crippen LogP contribution in [0.4, 0.5) is 0 Å². The molecule has 0 aliphatic carbocycles. The van der Waals surface area contributed by atoms with E-state index in [4.69, 9.17) is 0 Å². The number of likely N-dealkylation sites (N-methyl/N-ethyl adjacent to an activating group) is 1. The van der Waals surface area contributed by atoms with Gasteiger partial charge in [0, 0.05) is 19.1 Å². The van der Waals surface area contributed by atoms with E-state index in [-0.39, 0.29) is 0 Å². The summed E-state index contributed by atoms with van der Waals surface area (Å²) in [6.45, 7) is 4.93. The summed E-state index contributed by atoms with van der Waals surface area (Å²) in [5.74, 6) is 0. The molecule has 2 atom stereocenters. The van der Waals surface area contributed by atoms with E-state index >= 15 is 0 Å². The normalized spacial score (nSPS) is 42.6. The Bertz CT molecular complexity index is 121. The highest BCUT2D eigenvalue weighted by Crippen LogP contribution is 2.27. The SMILES string of the molecule is CC1CN(C)C2CCCN12. The fourth-order valence-corrected chi connectivity index (χ4v) is 2.40. The monoisotopic (exact) mass is 140 g/mol. The van der Waals surface area contributed by atoms with E-state index in [1.165, 1.54) is 25.9 Å². The molecule has 0 aromatic heterocycles. The van der Waals surface area contributed by atoms with Gasteiger partial charge in [0.25, 0.3) is 0 Å². The van der Waals surface area contributed by atoms with Crippen molar-refractivity contribution in [2.24, 2.45) is 0 Å². The van der Waals surface area contributed by atoms with Gasteiger partial charge in [-0.3, -0.25) is 9.80 Å². The van der Waals surface area contributed by atoms with Gasteiger partial charge in [0.05, 0.1) is 6.17 Å². The number of hydrogen-bond donors (Lipinski definition) is 0. The lowest BCUT2D eigenvalue weighted by molar-refractivity contribution is 0.192. The van der Waals surface area contributed by atoms with Crippen molar-refractivity contribution < 1.29 is 0 Å². The van der Waals surface area contributed by atoms with E-state index in [1.54, 1.807) is 0 Å². The first-order chi connectivity index (χ1) is 4.79. The van der Waals surface area contributed by atoms with Crippen LogP contribution in [0.25, 0.3) is 0 Å². The molecule has 0 N–H and O–H groups in total. The minimum absolute atomic E-state index is 0.787. The molecule has 2 unspecified atom stereocenters. The smallest absolute Gasteiger partial charge is 0.0623 e. The van der Waals surface area contributed by atoms with Gasteiger partial charge in [-0.25, -0.2) is 0 Å². The Morgan fingerprint density at radius 1 is 1.40 bits per heavy atom. The van der Waals surface area contributed by atoms with Crippen LogP contribution in [-0.4, -0.2) is 42.1 Å². The molecule has 0 saturated carbocycles. The summed E-state index contributed by atoms with van der Waals surface area (Å²) >= 11 is 0. The van der Waals surface area contributed by atoms with E-state index in [1.807, 2.05) is 0 Å². The first kappa shape index (κ1) is 6.62. The second kappa shape index (κ2) is 2.21. The Kier molecular flexibility index (Phi) is 1.46. The second-order valence-electron chi connectivity index (χ2n) is 3.65. The van der Waals surface area contributed by atoms with Gasteiger partial charge in [0.15, 0.2) is 0 Å². The largest absolute Gasteiger partial charge is 0.289 e. The number of hydrogen-bond acceptors (Lipinski definition) is 2. The standard InChI is InChI=1S/C8H16N2/c1-7-6-9(2)8-4-3-5-10(7)8/h7-8H,3-6H2,1-2H3. The summed E-state index contributed by atoms with van der Waals surface area (Å²) in [5, 5.41) is 0. The number of fused-ring (bicyclic) bond motifs is 1. The summed E-state index contributed by atoms with van der Waals surface area (Å²) in [6.07, 6.45) is 3.58. The van der Waals surface area contributed by atoms with Crippen molar-refractivity contribution in [2.45, 2.75) is 32.0 Å². The zero-order valence-electron chi connectivity index (χ0n) is 6.88. The molecule has 0 bridgehead atoms. The van der Waals surface area contributed by atoms with Crippen LogP contribution in [0, 0.1) is 0 Å². The van der Waals surface area contributed by atoms with Gasteiger partial charge in [-0.1, -0.05) is 0 Å². The maximum absolute atomic E-state index is 2.62. The maximum Gasteiger partial charge on any atom is 0.0623 e. The molecule has 2 fully saturated rings. The third-order valence-electron chi connectivity index (χ3n) is 2.89. The van der Waals surface area contributed by atoms with E-state index in [0.717, 1.165) is 12.2 Å². The van der Waals surface area contributed by atoms with Crippen LogP contribution in [0.1, 0.15) is 19.8 Å². The van der Waals surface area contributed by atoms with Crippen LogP contribution < -0.4 is 0 Å². The summed E-state index contributed by atoms with van der Waals surface area (Å²) in [5.41, 5.74) is 0. The molecule has 2 aliphatic heterocycles. The van der Waals surface area contributed by atoms with E-state index in [2.05, 4.69) is 23.8 Å². The van der Waals surface area contributed by atoms with Crippen LogP contribution in [0.5, 0.6) is 0 Å². The van der Waals surface area contributed by atoms with Crippen molar-refractivity contribution in [3.63, 3.8) is 0 Å². The van der Waals surface area contributed by atoms with Crippen molar-refractivity contribution in [3.05, 3.63) is 0 Å². The first-order valence-corrected chi connectivity index (χ1v) is 4.25. The molecule has 2 heterocycles. The van der Waals surface area contributed by atoms with Crippen molar-refractivity contribution in [1.29, 1.82) is 0 Å². The Labute approximate surface area is 62.8 Å². The quantitative estimate of drug-likeness (QED) is 0.490. The average molecular weight is 140 g/mol. The summed E-state index contributed by atoms with van der Waals surface area (Å²) in [4.78, 5) is 5.11. The molecule has 58 valence electrons. The van der Waals surface area contributed by atoms with Crippen LogP contribution >= 0.6 is 0 Å². The molecular formula is C8H16N2. The van der Waals surface area contributed by atoms with Gasteiger partial charge in [0.1, 0.15) is 0 Å². The van der Waals surface area contributed by atoms with Crippen molar-refractivity contribution in [3.8, 4) is 0 Å². The minimum atomic E-state index is 0.787. The van der Waals surface area contributed by atoms with Crippen LogP contribution in [0.3, 0.4) is 0 Å². The molecule has 0 amide bonds. The Morgan fingerprint density at radius 3 is 2.90 bits per heavy atom. The predicted molar refractivity (Wildman–Crippen MR) is 41.8 cm³/mol. The van der Waals surface area contributed by atoms with Gasteiger partial charge in [0.2, 0.25) is 0 Å². The zero-order chi connectivity index (χ0) is 7.14. The molecule has 2 nitrogen and oxygen atoms in total. The van der Waals surface area contributed by atoms with Gasteiger partial charge >= 0.3 is 0 Å². The summed E-state index contributed by atoms with van der Waals surface area (Å²) in [7, 11) is 2.24. The molecule has 2 heteroatoms. The predicted octanol–water partition coefficient (Wildman–Crippen LogP) is 0.742. The molecule has 10 heavy (non-hydrogen) atoms. The highest BCUT2D eigenvalue weighted by Gasteiger charge is 2.37. The van der Waals surface area contributed by atoms with Crippen molar-refractivity contribution >= 4 is 0 Å². The summed E-state index contributed by atoms with van der Waals surface area (Å²) < 4.78 is 0. The Balaban J connectivity index is 2.11. The maximum atomic E-state index is 2.62. The third kappa shape index (κ3) is 0.789. The molecule has 0 radical (unpaired) electrons. The van der Waals surface area contributed by atoms with Crippen LogP contribution in [0.2, 0.25) is 0 Å². The fraction of sp³-hybridized carbons (Fsp3) is 1.00. The summed E-state index contributed by atoms with van der Waals surface area (Å²) in [6, 6.07) is 0.803. The third-order valence-corrected chi connectivity index (χ3v) is 2.89. The molecular weight excluding hydrogens is 124 g/mol. The van der Waals surface area contributed by atoms with Gasteiger partial charge in [-0.2, -0.15) is 0 Å². The van der Waals surface area contributed by atoms with Crippen molar-refractivity contribution in [2.75, 3.05) is 20.1 Å². The molecule has 0 spiro atoms. The van der Waals surface area contributed by atoms with Crippen LogP contribution in [0.15, 0.2) is 0 Å². The van der Waals surface area contributed by atoms with Gasteiger partial charge < -0.3 is 0 Å². The number of nitrogens with zero attached hydrogens (tertiary/aromatic N) is 2. The van der Waals surface area contributed by atoms with Crippen molar-refractivity contribution in [1.82, 2.24) is 9.80 Å². The Morgan fingerprint density at radius 2 is 2.20 bits per heavy atom. The second-order valence-corrected chi connectivity index (χ2v) is 3.65. The fourth-order valence-electron chi connectivity index (χ4n) is 2.40. The van der Waals surface area contributed by atoms with E-state index in [0.29, 0.717) is 0 Å². The topological polar surface area (TPSA) is 6.48 Å². The lowest BCUT2D eigenvalue weighted by Gasteiger charge is -2.20. The average Bonchev–Trinajstić information content (AvgIpc) is 2.39. The lowest BCUT2D eigenvalue weighted by atomic mass is 10.3. The highest BCUT2D eigenvalue weighted by molar-refractivity contribution is 4.89. The van der Waals surface area contributed by atoms with Crippen LogP contribution in [-0.2, 0) is 0 Å². The van der Waals surface area contributed by atoms with E-state index in [9.17, 15) is 0 Å². The molecule has 2 saturated heterocycles. The molecule has 2 rings (SSSR count). The highest BCUT2D eigenvalue weighted by atomic mass is 15.4. The zero-order valence-corrected chi connectivity index (χ0v) is 6.88. The molecule has 2 aliphatic rings. The molecule has 0 aromatic rings. The number of rotatable bonds is 0. The van der Waals surface area contributed by atoms with Gasteiger partial charge in [-0.15, -0.1) is 0 Å².